The van der Waals surface area contributed by atoms with Gasteiger partial charge in [0.2, 0.25) is 0 Å². The van der Waals surface area contributed by atoms with Crippen LogP contribution in [0.4, 0.5) is 0 Å². The van der Waals surface area contributed by atoms with Crippen molar-refractivity contribution in [1.82, 2.24) is 0 Å². The van der Waals surface area contributed by atoms with Gasteiger partial charge in [-0.15, -0.1) is 0 Å². The molecule has 0 saturated heterocycles. The van der Waals surface area contributed by atoms with Gasteiger partial charge in [0.25, 0.3) is 0 Å². The first-order valence-electron chi connectivity index (χ1n) is 20.7. The van der Waals surface area contributed by atoms with Crippen molar-refractivity contribution >= 4 is 0 Å². The Morgan fingerprint density at radius 3 is 0.845 bits per heavy atom. The summed E-state index contributed by atoms with van der Waals surface area (Å²) in [6, 6.07) is 18.1. The van der Waals surface area contributed by atoms with Crippen molar-refractivity contribution in [3.8, 4) is 23.0 Å². The molecule has 0 aliphatic heterocycles. The number of para-hydroxylation sites is 1. The maximum absolute atomic E-state index is 10.6. The molecule has 11 nitrogen and oxygen atoms in total. The summed E-state index contributed by atoms with van der Waals surface area (Å²) in [5.74, 6) is 2.82. The average Bonchev–Trinajstić information content (AvgIpc) is 3.23. The molecule has 0 radical (unpaired) electrons. The Labute approximate surface area is 343 Å². The van der Waals surface area contributed by atoms with E-state index in [1.54, 1.807) is 0 Å². The van der Waals surface area contributed by atoms with Crippen LogP contribution in [0.1, 0.15) is 88.9 Å². The highest BCUT2D eigenvalue weighted by Gasteiger charge is 2.24. The topological polar surface area (TPSA) is 135 Å². The second-order valence-electron chi connectivity index (χ2n) is 14.0. The Morgan fingerprint density at radius 1 is 0.362 bits per heavy atom. The first-order valence-corrected chi connectivity index (χ1v) is 20.7. The molecule has 0 atom stereocenters. The normalized spacial score (nSPS) is 12.4. The summed E-state index contributed by atoms with van der Waals surface area (Å²) in [5, 5.41) is 31.9. The van der Waals surface area contributed by atoms with E-state index in [0.29, 0.717) is 122 Å². The highest BCUT2D eigenvalue weighted by atomic mass is 16.5. The van der Waals surface area contributed by atoms with Gasteiger partial charge in [-0.05, 0) is 125 Å². The molecule has 0 spiro atoms. The Kier molecular flexibility index (Phi) is 18.6. The predicted octanol–water partition coefficient (Wildman–Crippen LogP) is 6.50. The molecule has 3 N–H and O–H groups in total. The van der Waals surface area contributed by atoms with Gasteiger partial charge in [0.1, 0.15) is 49.4 Å². The molecule has 0 saturated carbocycles. The quantitative estimate of drug-likeness (QED) is 0.0625. The maximum Gasteiger partial charge on any atom is 0.126 e. The van der Waals surface area contributed by atoms with E-state index >= 15 is 0 Å². The van der Waals surface area contributed by atoms with Crippen molar-refractivity contribution in [2.75, 3.05) is 79.3 Å². The summed E-state index contributed by atoms with van der Waals surface area (Å²) in [7, 11) is 0. The molecule has 8 bridgehead atoms. The van der Waals surface area contributed by atoms with Gasteiger partial charge < -0.3 is 53.2 Å². The van der Waals surface area contributed by atoms with E-state index in [1.165, 1.54) is 0 Å². The molecule has 1 aliphatic rings. The zero-order valence-corrected chi connectivity index (χ0v) is 34.7. The Hall–Kier alpha value is -4.20. The summed E-state index contributed by atoms with van der Waals surface area (Å²) in [5.41, 5.74) is 9.30. The van der Waals surface area contributed by atoms with Crippen molar-refractivity contribution in [2.45, 2.75) is 73.2 Å². The number of hydrogen-bond donors (Lipinski definition) is 3. The minimum atomic E-state index is -0.181. The van der Waals surface area contributed by atoms with Crippen LogP contribution in [0, 0.1) is 0 Å². The maximum atomic E-state index is 10.6. The van der Waals surface area contributed by atoms with Crippen LogP contribution in [-0.4, -0.2) is 94.6 Å². The third-order valence-corrected chi connectivity index (χ3v) is 9.87. The SMILES string of the molecule is CCOCCOc1c2cccc1Cc1cc(CO)cc(c1OCCOCC)Cc1cc(CO)cc(c1OCCOCC)Cc1cc(CO)cc(c1OCCOCC)C2. The fraction of sp³-hybridized carbons (Fsp3) is 0.489. The molecule has 11 heteroatoms. The van der Waals surface area contributed by atoms with Crippen LogP contribution < -0.4 is 18.9 Å². The van der Waals surface area contributed by atoms with Crippen LogP contribution in [0.5, 0.6) is 23.0 Å². The molecule has 0 amide bonds. The molecular formula is C47H62O11. The average molecular weight is 803 g/mol. The van der Waals surface area contributed by atoms with E-state index in [9.17, 15) is 15.3 Å². The van der Waals surface area contributed by atoms with E-state index < -0.39 is 0 Å². The van der Waals surface area contributed by atoms with Crippen molar-refractivity contribution in [3.63, 3.8) is 0 Å². The molecular weight excluding hydrogens is 741 g/mol. The van der Waals surface area contributed by atoms with Gasteiger partial charge in [-0.2, -0.15) is 0 Å². The molecule has 0 unspecified atom stereocenters. The first kappa shape index (κ1) is 44.9. The lowest BCUT2D eigenvalue weighted by atomic mass is 9.89. The number of hydrogen-bond acceptors (Lipinski definition) is 11. The molecule has 4 aromatic carbocycles. The predicted molar refractivity (Wildman–Crippen MR) is 223 cm³/mol. The van der Waals surface area contributed by atoms with Gasteiger partial charge >= 0.3 is 0 Å². The van der Waals surface area contributed by atoms with Gasteiger partial charge in [-0.25, -0.2) is 0 Å². The fourth-order valence-corrected chi connectivity index (χ4v) is 7.41. The lowest BCUT2D eigenvalue weighted by Gasteiger charge is -2.24. The second kappa shape index (κ2) is 24.0. The number of fused-ring (bicyclic) bond motifs is 8. The molecule has 5 rings (SSSR count). The summed E-state index contributed by atoms with van der Waals surface area (Å²) < 4.78 is 49.2. The number of ether oxygens (including phenoxy) is 8. The van der Waals surface area contributed by atoms with Crippen LogP contribution >= 0.6 is 0 Å². The molecule has 316 valence electrons. The third-order valence-electron chi connectivity index (χ3n) is 9.87. The zero-order valence-electron chi connectivity index (χ0n) is 34.7. The molecule has 0 heterocycles. The monoisotopic (exact) mass is 802 g/mol. The lowest BCUT2D eigenvalue weighted by molar-refractivity contribution is 0.108. The fourth-order valence-electron chi connectivity index (χ4n) is 7.41. The summed E-state index contributed by atoms with van der Waals surface area (Å²) >= 11 is 0. The first-order chi connectivity index (χ1) is 28.5. The summed E-state index contributed by atoms with van der Waals surface area (Å²) in [6.45, 7) is 12.6. The number of rotatable bonds is 23. The van der Waals surface area contributed by atoms with Gasteiger partial charge in [-0.3, -0.25) is 0 Å². The van der Waals surface area contributed by atoms with Crippen LogP contribution in [0.25, 0.3) is 0 Å². The second-order valence-corrected chi connectivity index (χ2v) is 14.0. The van der Waals surface area contributed by atoms with Crippen molar-refractivity contribution in [2.24, 2.45) is 0 Å². The van der Waals surface area contributed by atoms with E-state index in [2.05, 4.69) is 12.1 Å². The van der Waals surface area contributed by atoms with Crippen LogP contribution in [0.15, 0.2) is 54.6 Å². The Bertz CT molecular complexity index is 1760. The van der Waals surface area contributed by atoms with E-state index in [0.717, 1.165) is 66.9 Å². The van der Waals surface area contributed by atoms with Crippen molar-refractivity contribution in [3.05, 3.63) is 116 Å². The van der Waals surface area contributed by atoms with Crippen molar-refractivity contribution < 1.29 is 53.2 Å². The molecule has 4 aromatic rings. The number of aliphatic hydroxyl groups is 3. The number of aliphatic hydroxyl groups excluding tert-OH is 3. The molecule has 58 heavy (non-hydrogen) atoms. The van der Waals surface area contributed by atoms with Gasteiger partial charge in [-0.1, -0.05) is 18.2 Å². The standard InChI is InChI=1S/C47H62O11/c1-5-51-12-16-55-44-36-10-9-11-37(44)27-39-21-34(31-49)23-41(46(39)57-18-14-53-7-3)29-43-25-35(32-50)24-42(47(43)58-19-15-54-8-4)28-40-22-33(30-48)20-38(26-36)45(40)56-17-13-52-6-2/h9-11,20-25,48-50H,5-8,12-19,26-32H2,1-4H3. The molecule has 0 fully saturated rings. The van der Waals surface area contributed by atoms with E-state index in [1.807, 2.05) is 70.2 Å². The highest BCUT2D eigenvalue weighted by molar-refractivity contribution is 5.58. The third kappa shape index (κ3) is 12.4. The van der Waals surface area contributed by atoms with Gasteiger partial charge in [0.05, 0.1) is 46.2 Å². The van der Waals surface area contributed by atoms with Crippen LogP contribution in [-0.2, 0) is 64.5 Å². The van der Waals surface area contributed by atoms with Gasteiger partial charge in [0, 0.05) is 52.1 Å². The zero-order chi connectivity index (χ0) is 41.1. The lowest BCUT2D eigenvalue weighted by Crippen LogP contribution is -2.14. The largest absolute Gasteiger partial charge is 0.491 e. The highest BCUT2D eigenvalue weighted by Crippen LogP contribution is 2.40. The van der Waals surface area contributed by atoms with Crippen LogP contribution in [0.2, 0.25) is 0 Å². The minimum absolute atomic E-state index is 0.162. The Morgan fingerprint density at radius 2 is 0.603 bits per heavy atom. The summed E-state index contributed by atoms with van der Waals surface area (Å²) in [6.07, 6.45) is 1.66. The summed E-state index contributed by atoms with van der Waals surface area (Å²) in [4.78, 5) is 0. The molecule has 0 aromatic heterocycles. The van der Waals surface area contributed by atoms with Crippen molar-refractivity contribution in [1.29, 1.82) is 0 Å². The van der Waals surface area contributed by atoms with E-state index in [4.69, 9.17) is 37.9 Å². The minimum Gasteiger partial charge on any atom is -0.491 e. The molecule has 1 aliphatic carbocycles. The smallest absolute Gasteiger partial charge is 0.126 e. The Balaban J connectivity index is 1.80. The van der Waals surface area contributed by atoms with Gasteiger partial charge in [0.15, 0.2) is 0 Å². The number of benzene rings is 4. The van der Waals surface area contributed by atoms with E-state index in [-0.39, 0.29) is 19.8 Å². The van der Waals surface area contributed by atoms with Crippen LogP contribution in [0.3, 0.4) is 0 Å².